The maximum Gasteiger partial charge on any atom is 0.185 e. The molecule has 1 aliphatic rings. The first-order valence-electron chi connectivity index (χ1n) is 8.57. The van der Waals surface area contributed by atoms with Gasteiger partial charge in [0.05, 0.1) is 14.2 Å². The summed E-state index contributed by atoms with van der Waals surface area (Å²) < 4.78 is 10.6. The lowest BCUT2D eigenvalue weighted by Gasteiger charge is -2.17. The number of carbonyl (C=O) groups is 1. The van der Waals surface area contributed by atoms with E-state index >= 15 is 0 Å². The van der Waals surface area contributed by atoms with E-state index in [9.17, 15) is 9.90 Å². The molecular weight excluding hydrogens is 328 g/mol. The predicted molar refractivity (Wildman–Crippen MR) is 102 cm³/mol. The summed E-state index contributed by atoms with van der Waals surface area (Å²) in [7, 11) is 3.21. The number of methoxy groups -OCH3 is 2. The highest BCUT2D eigenvalue weighted by Gasteiger charge is 2.20. The minimum atomic E-state index is 0.0751. The van der Waals surface area contributed by atoms with Crippen molar-refractivity contribution in [3.8, 4) is 17.2 Å². The highest BCUT2D eigenvalue weighted by molar-refractivity contribution is 6.14. The highest BCUT2D eigenvalue weighted by Crippen LogP contribution is 2.30. The summed E-state index contributed by atoms with van der Waals surface area (Å²) >= 11 is 0. The smallest absolute Gasteiger partial charge is 0.185 e. The first-order valence-corrected chi connectivity index (χ1v) is 8.57. The van der Waals surface area contributed by atoms with Crippen molar-refractivity contribution in [3.63, 3.8) is 0 Å². The molecule has 0 heterocycles. The van der Waals surface area contributed by atoms with E-state index in [4.69, 9.17) is 9.47 Å². The second kappa shape index (κ2) is 7.91. The van der Waals surface area contributed by atoms with Crippen molar-refractivity contribution in [2.45, 2.75) is 19.3 Å². The van der Waals surface area contributed by atoms with Gasteiger partial charge in [0, 0.05) is 17.2 Å². The molecule has 0 saturated heterocycles. The first-order chi connectivity index (χ1) is 12.6. The number of phenolic OH excluding ortho intramolecular Hbond substituents is 1. The molecule has 0 radical (unpaired) electrons. The van der Waals surface area contributed by atoms with Gasteiger partial charge in [-0.1, -0.05) is 12.1 Å². The van der Waals surface area contributed by atoms with E-state index in [1.807, 2.05) is 24.3 Å². The number of benzene rings is 2. The molecule has 0 spiro atoms. The van der Waals surface area contributed by atoms with Crippen LogP contribution in [-0.2, 0) is 4.79 Å². The van der Waals surface area contributed by atoms with Crippen molar-refractivity contribution >= 4 is 17.9 Å². The van der Waals surface area contributed by atoms with E-state index in [0.29, 0.717) is 11.5 Å². The molecule has 1 saturated carbocycles. The molecule has 4 heteroatoms. The van der Waals surface area contributed by atoms with Gasteiger partial charge in [-0.25, -0.2) is 0 Å². The number of rotatable bonds is 4. The average molecular weight is 350 g/mol. The van der Waals surface area contributed by atoms with Gasteiger partial charge in [0.2, 0.25) is 0 Å². The fourth-order valence-corrected chi connectivity index (χ4v) is 3.06. The zero-order chi connectivity index (χ0) is 18.5. The Kier molecular flexibility index (Phi) is 5.42. The van der Waals surface area contributed by atoms with Crippen LogP contribution >= 0.6 is 0 Å². The normalized spacial score (nSPS) is 17.5. The van der Waals surface area contributed by atoms with Crippen molar-refractivity contribution in [2.24, 2.45) is 0 Å². The third kappa shape index (κ3) is 4.14. The number of carbonyl (C=O) groups excluding carboxylic acids is 1. The molecule has 0 unspecified atom stereocenters. The summed E-state index contributed by atoms with van der Waals surface area (Å²) in [5.41, 5.74) is 3.38. The van der Waals surface area contributed by atoms with Gasteiger partial charge < -0.3 is 14.6 Å². The Morgan fingerprint density at radius 3 is 1.92 bits per heavy atom. The quantitative estimate of drug-likeness (QED) is 0.817. The van der Waals surface area contributed by atoms with Crippen molar-refractivity contribution in [2.75, 3.05) is 14.2 Å². The van der Waals surface area contributed by atoms with Gasteiger partial charge in [-0.15, -0.1) is 0 Å². The zero-order valence-electron chi connectivity index (χ0n) is 15.0. The number of hydrogen-bond acceptors (Lipinski definition) is 4. The fraction of sp³-hybridized carbons (Fsp3) is 0.227. The van der Waals surface area contributed by atoms with E-state index in [1.54, 1.807) is 44.6 Å². The Labute approximate surface area is 153 Å². The topological polar surface area (TPSA) is 55.8 Å². The van der Waals surface area contributed by atoms with Gasteiger partial charge in [-0.05, 0) is 66.8 Å². The minimum Gasteiger partial charge on any atom is -0.508 e. The zero-order valence-corrected chi connectivity index (χ0v) is 15.0. The predicted octanol–water partition coefficient (Wildman–Crippen LogP) is 4.63. The molecule has 26 heavy (non-hydrogen) atoms. The van der Waals surface area contributed by atoms with Gasteiger partial charge in [0.15, 0.2) is 5.78 Å². The number of phenols is 1. The fourth-order valence-electron chi connectivity index (χ4n) is 3.06. The number of hydrogen-bond donors (Lipinski definition) is 1. The highest BCUT2D eigenvalue weighted by atomic mass is 16.5. The molecular formula is C22H22O4. The monoisotopic (exact) mass is 350 g/mol. The van der Waals surface area contributed by atoms with E-state index in [-0.39, 0.29) is 11.5 Å². The van der Waals surface area contributed by atoms with Crippen molar-refractivity contribution in [3.05, 3.63) is 64.7 Å². The lowest BCUT2D eigenvalue weighted by atomic mass is 9.87. The molecule has 1 aliphatic carbocycles. The summed E-state index contributed by atoms with van der Waals surface area (Å²) in [5, 5.41) is 9.39. The Morgan fingerprint density at radius 1 is 0.846 bits per heavy atom. The van der Waals surface area contributed by atoms with Crippen LogP contribution in [0.15, 0.2) is 53.6 Å². The molecule has 2 aromatic rings. The van der Waals surface area contributed by atoms with E-state index < -0.39 is 0 Å². The maximum atomic E-state index is 12.9. The van der Waals surface area contributed by atoms with Crippen LogP contribution in [0.5, 0.6) is 17.2 Å². The van der Waals surface area contributed by atoms with Gasteiger partial charge in [0.1, 0.15) is 17.2 Å². The van der Waals surface area contributed by atoms with Crippen LogP contribution in [-0.4, -0.2) is 25.1 Å². The summed E-state index contributed by atoms with van der Waals surface area (Å²) in [6.07, 6.45) is 6.27. The van der Waals surface area contributed by atoms with Crippen LogP contribution in [0.4, 0.5) is 0 Å². The van der Waals surface area contributed by atoms with Crippen LogP contribution in [0.3, 0.4) is 0 Å². The summed E-state index contributed by atoms with van der Waals surface area (Å²) in [4.78, 5) is 12.9. The van der Waals surface area contributed by atoms with Gasteiger partial charge in [0.25, 0.3) is 0 Å². The average Bonchev–Trinajstić information content (AvgIpc) is 2.66. The van der Waals surface area contributed by atoms with E-state index in [1.165, 1.54) is 0 Å². The van der Waals surface area contributed by atoms with Crippen LogP contribution in [0, 0.1) is 0 Å². The summed E-state index contributed by atoms with van der Waals surface area (Å²) in [6.45, 7) is 0. The molecule has 134 valence electrons. The number of allylic oxidation sites excluding steroid dienone is 2. The molecule has 0 aromatic heterocycles. The number of ether oxygens (including phenoxy) is 2. The van der Waals surface area contributed by atoms with Crippen molar-refractivity contribution in [1.29, 1.82) is 0 Å². The SMILES string of the molecule is COc1cc(/C=C2\CCC/C(=C\c3ccc(O)cc3)C2=O)cc(OC)c1. The van der Waals surface area contributed by atoms with E-state index in [2.05, 4.69) is 0 Å². The van der Waals surface area contributed by atoms with Crippen LogP contribution in [0.1, 0.15) is 30.4 Å². The molecule has 1 fully saturated rings. The van der Waals surface area contributed by atoms with Gasteiger partial charge in [-0.2, -0.15) is 0 Å². The van der Waals surface area contributed by atoms with Crippen molar-refractivity contribution < 1.29 is 19.4 Å². The summed E-state index contributed by atoms with van der Waals surface area (Å²) in [6, 6.07) is 12.4. The Hall–Kier alpha value is -3.01. The Balaban J connectivity index is 1.90. The molecule has 0 atom stereocenters. The van der Waals surface area contributed by atoms with Crippen LogP contribution in [0.25, 0.3) is 12.2 Å². The molecule has 4 nitrogen and oxygen atoms in total. The van der Waals surface area contributed by atoms with Gasteiger partial charge >= 0.3 is 0 Å². The largest absolute Gasteiger partial charge is 0.508 e. The lowest BCUT2D eigenvalue weighted by molar-refractivity contribution is -0.112. The molecule has 0 bridgehead atoms. The molecule has 3 rings (SSSR count). The van der Waals surface area contributed by atoms with Crippen LogP contribution in [0.2, 0.25) is 0 Å². The lowest BCUT2D eigenvalue weighted by Crippen LogP contribution is -2.12. The Bertz CT molecular complexity index is 838. The van der Waals surface area contributed by atoms with Crippen molar-refractivity contribution in [1.82, 2.24) is 0 Å². The van der Waals surface area contributed by atoms with E-state index in [0.717, 1.165) is 41.5 Å². The number of Topliss-reactive ketones (excluding diaryl/α,β-unsaturated/α-hetero) is 1. The first kappa shape index (κ1) is 17.8. The second-order valence-electron chi connectivity index (χ2n) is 6.26. The standard InChI is InChI=1S/C22H22O4/c1-25-20-12-16(13-21(14-20)26-2)11-18-5-3-4-17(22(18)24)10-15-6-8-19(23)9-7-15/h6-14,23H,3-5H2,1-2H3/b17-10+,18-11+. The van der Waals surface area contributed by atoms with Crippen LogP contribution < -0.4 is 9.47 Å². The molecule has 0 aliphatic heterocycles. The Morgan fingerprint density at radius 2 is 1.38 bits per heavy atom. The second-order valence-corrected chi connectivity index (χ2v) is 6.26. The summed E-state index contributed by atoms with van der Waals surface area (Å²) in [5.74, 6) is 1.68. The molecule has 1 N–H and O–H groups in total. The van der Waals surface area contributed by atoms with Gasteiger partial charge in [-0.3, -0.25) is 4.79 Å². The third-order valence-corrected chi connectivity index (χ3v) is 4.42. The molecule has 2 aromatic carbocycles. The minimum absolute atomic E-state index is 0.0751. The number of ketones is 1. The third-order valence-electron chi connectivity index (χ3n) is 4.42. The molecule has 0 amide bonds. The maximum absolute atomic E-state index is 12.9. The number of aromatic hydroxyl groups is 1.